The lowest BCUT2D eigenvalue weighted by molar-refractivity contribution is -0.140. The number of ether oxygens (including phenoxy) is 1. The molecule has 7 nitrogen and oxygen atoms in total. The molecule has 0 saturated carbocycles. The van der Waals surface area contributed by atoms with E-state index in [9.17, 15) is 19.1 Å². The normalized spacial score (nSPS) is 17.7. The molecule has 2 heterocycles. The molecular weight excluding hydrogens is 413 g/mol. The van der Waals surface area contributed by atoms with Crippen LogP contribution in [0.4, 0.5) is 4.39 Å². The monoisotopic (exact) mass is 435 g/mol. The van der Waals surface area contributed by atoms with Gasteiger partial charge in [0, 0.05) is 36.6 Å². The van der Waals surface area contributed by atoms with E-state index >= 15 is 0 Å². The molecule has 1 aliphatic heterocycles. The highest BCUT2D eigenvalue weighted by Crippen LogP contribution is 2.40. The number of carbonyl (C=O) groups is 2. The maximum Gasteiger partial charge on any atom is 0.295 e. The van der Waals surface area contributed by atoms with Crippen molar-refractivity contribution in [2.24, 2.45) is 0 Å². The smallest absolute Gasteiger partial charge is 0.295 e. The molecule has 3 aromatic rings. The van der Waals surface area contributed by atoms with Crippen LogP contribution >= 0.6 is 0 Å². The summed E-state index contributed by atoms with van der Waals surface area (Å²) >= 11 is 0. The minimum absolute atomic E-state index is 0.143. The van der Waals surface area contributed by atoms with E-state index in [-0.39, 0.29) is 23.4 Å². The van der Waals surface area contributed by atoms with Crippen molar-refractivity contribution in [1.82, 2.24) is 14.5 Å². The Kier molecular flexibility index (Phi) is 6.02. The van der Waals surface area contributed by atoms with E-state index in [0.29, 0.717) is 24.3 Å². The van der Waals surface area contributed by atoms with Gasteiger partial charge < -0.3 is 19.3 Å². The number of methoxy groups -OCH3 is 1. The van der Waals surface area contributed by atoms with Crippen LogP contribution < -0.4 is 4.74 Å². The number of aromatic nitrogens is 2. The molecule has 1 aliphatic rings. The topological polar surface area (TPSA) is 84.7 Å². The summed E-state index contributed by atoms with van der Waals surface area (Å²) in [6.07, 6.45) is 5.63. The van der Waals surface area contributed by atoms with Gasteiger partial charge >= 0.3 is 0 Å². The van der Waals surface area contributed by atoms with Crippen LogP contribution in [0.5, 0.6) is 5.75 Å². The summed E-state index contributed by atoms with van der Waals surface area (Å²) in [5.74, 6) is -2.07. The van der Waals surface area contributed by atoms with Crippen LogP contribution in [-0.4, -0.2) is 44.9 Å². The van der Waals surface area contributed by atoms with Crippen molar-refractivity contribution in [3.63, 3.8) is 0 Å². The molecule has 2 aromatic carbocycles. The third-order valence-corrected chi connectivity index (χ3v) is 5.46. The van der Waals surface area contributed by atoms with E-state index < -0.39 is 23.5 Å². The number of imidazole rings is 1. The van der Waals surface area contributed by atoms with Gasteiger partial charge in [-0.3, -0.25) is 9.59 Å². The largest absolute Gasteiger partial charge is 0.507 e. The van der Waals surface area contributed by atoms with Crippen LogP contribution in [0.1, 0.15) is 23.6 Å². The SMILES string of the molecule is COc1cccc(C(O)=C2C(=O)C(=O)N(CCCn3ccnc3)C2c2ccccc2F)c1. The summed E-state index contributed by atoms with van der Waals surface area (Å²) in [6, 6.07) is 11.4. The fraction of sp³-hybridized carbons (Fsp3) is 0.208. The molecule has 1 unspecified atom stereocenters. The number of rotatable bonds is 7. The molecule has 1 aromatic heterocycles. The van der Waals surface area contributed by atoms with Crippen LogP contribution in [-0.2, 0) is 16.1 Å². The highest BCUT2D eigenvalue weighted by Gasteiger charge is 2.46. The predicted molar refractivity (Wildman–Crippen MR) is 115 cm³/mol. The number of halogens is 1. The summed E-state index contributed by atoms with van der Waals surface area (Å²) in [5, 5.41) is 11.0. The van der Waals surface area contributed by atoms with Gasteiger partial charge in [0.25, 0.3) is 11.7 Å². The molecule has 0 radical (unpaired) electrons. The Morgan fingerprint density at radius 2 is 1.97 bits per heavy atom. The summed E-state index contributed by atoms with van der Waals surface area (Å²) in [5.41, 5.74) is 0.317. The zero-order chi connectivity index (χ0) is 22.7. The maximum atomic E-state index is 14.8. The first kappa shape index (κ1) is 21.3. The van der Waals surface area contributed by atoms with Crippen molar-refractivity contribution < 1.29 is 23.8 Å². The number of hydrogen-bond donors (Lipinski definition) is 1. The third kappa shape index (κ3) is 3.99. The van der Waals surface area contributed by atoms with Crippen molar-refractivity contribution in [2.75, 3.05) is 13.7 Å². The van der Waals surface area contributed by atoms with Crippen molar-refractivity contribution in [1.29, 1.82) is 0 Å². The second-order valence-corrected chi connectivity index (χ2v) is 7.40. The van der Waals surface area contributed by atoms with Gasteiger partial charge in [-0.2, -0.15) is 0 Å². The van der Waals surface area contributed by atoms with E-state index in [2.05, 4.69) is 4.98 Å². The van der Waals surface area contributed by atoms with Crippen LogP contribution in [0.3, 0.4) is 0 Å². The zero-order valence-corrected chi connectivity index (χ0v) is 17.4. The number of amides is 1. The number of aryl methyl sites for hydroxylation is 1. The molecule has 4 rings (SSSR count). The molecular formula is C24H22FN3O4. The van der Waals surface area contributed by atoms with Crippen molar-refractivity contribution in [2.45, 2.75) is 19.0 Å². The van der Waals surface area contributed by atoms with Crippen molar-refractivity contribution in [3.05, 3.63) is 89.8 Å². The average Bonchev–Trinajstić information content (AvgIpc) is 3.41. The highest BCUT2D eigenvalue weighted by molar-refractivity contribution is 6.46. The van der Waals surface area contributed by atoms with Crippen molar-refractivity contribution in [3.8, 4) is 5.75 Å². The molecule has 1 fully saturated rings. The Bertz CT molecular complexity index is 1170. The van der Waals surface area contributed by atoms with Crippen LogP contribution in [0, 0.1) is 5.82 Å². The summed E-state index contributed by atoms with van der Waals surface area (Å²) < 4.78 is 21.8. The lowest BCUT2D eigenvalue weighted by Gasteiger charge is -2.25. The minimum Gasteiger partial charge on any atom is -0.507 e. The molecule has 164 valence electrons. The molecule has 1 atom stereocenters. The number of aliphatic hydroxyl groups is 1. The fourth-order valence-electron chi connectivity index (χ4n) is 3.90. The number of likely N-dealkylation sites (tertiary alicyclic amines) is 1. The molecule has 0 aliphatic carbocycles. The van der Waals surface area contributed by atoms with Crippen LogP contribution in [0.15, 0.2) is 72.8 Å². The fourth-order valence-corrected chi connectivity index (χ4v) is 3.90. The molecule has 1 amide bonds. The first-order valence-corrected chi connectivity index (χ1v) is 10.1. The van der Waals surface area contributed by atoms with E-state index in [1.807, 2.05) is 4.57 Å². The molecule has 0 bridgehead atoms. The number of Topliss-reactive ketones (excluding diaryl/α,β-unsaturated/α-hetero) is 1. The Labute approximate surface area is 184 Å². The van der Waals surface area contributed by atoms with E-state index in [1.165, 1.54) is 30.2 Å². The van der Waals surface area contributed by atoms with Crippen LogP contribution in [0.25, 0.3) is 5.76 Å². The second-order valence-electron chi connectivity index (χ2n) is 7.40. The van der Waals surface area contributed by atoms with Gasteiger partial charge in [-0.1, -0.05) is 30.3 Å². The lowest BCUT2D eigenvalue weighted by Crippen LogP contribution is -2.31. The van der Waals surface area contributed by atoms with Gasteiger partial charge in [0.1, 0.15) is 17.3 Å². The van der Waals surface area contributed by atoms with Gasteiger partial charge in [-0.15, -0.1) is 0 Å². The summed E-state index contributed by atoms with van der Waals surface area (Å²) in [6.45, 7) is 0.777. The van der Waals surface area contributed by atoms with Gasteiger partial charge in [0.05, 0.1) is 25.1 Å². The lowest BCUT2D eigenvalue weighted by atomic mass is 9.95. The minimum atomic E-state index is -1.04. The van der Waals surface area contributed by atoms with E-state index in [4.69, 9.17) is 4.74 Å². The Hall–Kier alpha value is -3.94. The molecule has 0 spiro atoms. The van der Waals surface area contributed by atoms with Crippen LogP contribution in [0.2, 0.25) is 0 Å². The maximum absolute atomic E-state index is 14.8. The highest BCUT2D eigenvalue weighted by atomic mass is 19.1. The number of hydrogen-bond acceptors (Lipinski definition) is 5. The Morgan fingerprint density at radius 3 is 2.69 bits per heavy atom. The second kappa shape index (κ2) is 9.05. The number of nitrogens with zero attached hydrogens (tertiary/aromatic N) is 3. The van der Waals surface area contributed by atoms with Crippen molar-refractivity contribution >= 4 is 17.4 Å². The number of carbonyl (C=O) groups excluding carboxylic acids is 2. The van der Waals surface area contributed by atoms with E-state index in [0.717, 1.165) is 0 Å². The summed E-state index contributed by atoms with van der Waals surface area (Å²) in [7, 11) is 1.48. The summed E-state index contributed by atoms with van der Waals surface area (Å²) in [4.78, 5) is 31.2. The van der Waals surface area contributed by atoms with Gasteiger partial charge in [0.15, 0.2) is 0 Å². The standard InChI is InChI=1S/C24H22FN3O4/c1-32-17-7-4-6-16(14-17)22(29)20-21(18-8-2-3-9-19(18)25)28(24(31)23(20)30)12-5-11-27-13-10-26-15-27/h2-4,6-10,13-15,21,29H,5,11-12H2,1H3. The first-order chi connectivity index (χ1) is 15.5. The molecule has 1 saturated heterocycles. The van der Waals surface area contributed by atoms with Gasteiger partial charge in [0.2, 0.25) is 0 Å². The zero-order valence-electron chi connectivity index (χ0n) is 17.4. The van der Waals surface area contributed by atoms with E-state index in [1.54, 1.807) is 49.1 Å². The quantitative estimate of drug-likeness (QED) is 0.349. The first-order valence-electron chi connectivity index (χ1n) is 10.1. The molecule has 8 heteroatoms. The molecule has 1 N–H and O–H groups in total. The number of aliphatic hydroxyl groups excluding tert-OH is 1. The van der Waals surface area contributed by atoms with Gasteiger partial charge in [-0.05, 0) is 24.6 Å². The molecule has 32 heavy (non-hydrogen) atoms. The third-order valence-electron chi connectivity index (χ3n) is 5.46. The Balaban J connectivity index is 1.76. The number of ketones is 1. The van der Waals surface area contributed by atoms with Gasteiger partial charge in [-0.25, -0.2) is 9.37 Å². The average molecular weight is 435 g/mol. The Morgan fingerprint density at radius 1 is 1.16 bits per heavy atom. The number of benzene rings is 2. The predicted octanol–water partition coefficient (Wildman–Crippen LogP) is 3.54.